The van der Waals surface area contributed by atoms with Crippen LogP contribution in [0.25, 0.3) is 0 Å². The van der Waals surface area contributed by atoms with Gasteiger partial charge in [-0.2, -0.15) is 0 Å². The second-order valence-electron chi connectivity index (χ2n) is 4.87. The van der Waals surface area contributed by atoms with Crippen LogP contribution < -0.4 is 4.90 Å². The van der Waals surface area contributed by atoms with E-state index in [0.29, 0.717) is 10.7 Å². The van der Waals surface area contributed by atoms with E-state index in [1.165, 1.54) is 20.3 Å². The summed E-state index contributed by atoms with van der Waals surface area (Å²) in [5.41, 5.74) is 1.63. The number of esters is 2. The average Bonchev–Trinajstić information content (AvgIpc) is 2.80. The maximum absolute atomic E-state index is 12.3. The lowest BCUT2D eigenvalue weighted by Gasteiger charge is -2.24. The molecule has 0 spiro atoms. The maximum Gasteiger partial charge on any atom is 0.355 e. The van der Waals surface area contributed by atoms with Crippen molar-refractivity contribution in [3.8, 4) is 0 Å². The molecule has 0 unspecified atom stereocenters. The Balaban J connectivity index is 2.70. The van der Waals surface area contributed by atoms with E-state index in [2.05, 4.69) is 15.9 Å². The minimum absolute atomic E-state index is 0.0483. The predicted octanol–water partition coefficient (Wildman–Crippen LogP) is 3.90. The molecule has 1 aromatic carbocycles. The topological polar surface area (TPSA) is 55.8 Å². The first-order chi connectivity index (χ1) is 11.4. The van der Waals surface area contributed by atoms with E-state index >= 15 is 0 Å². The molecule has 7 heteroatoms. The lowest BCUT2D eigenvalue weighted by Crippen LogP contribution is -2.27. The number of halogens is 2. The molecule has 126 valence electrons. The first-order valence-electron chi connectivity index (χ1n) is 6.91. The van der Waals surface area contributed by atoms with Gasteiger partial charge in [0.2, 0.25) is 0 Å². The highest BCUT2D eigenvalue weighted by molar-refractivity contribution is 9.10. The van der Waals surface area contributed by atoms with Crippen LogP contribution in [0.2, 0.25) is 5.02 Å². The summed E-state index contributed by atoms with van der Waals surface area (Å²) < 4.78 is 10.4. The Kier molecular flexibility index (Phi) is 5.85. The molecule has 0 saturated heterocycles. The van der Waals surface area contributed by atoms with Crippen LogP contribution in [0.5, 0.6) is 0 Å². The first-order valence-corrected chi connectivity index (χ1v) is 8.08. The van der Waals surface area contributed by atoms with Gasteiger partial charge in [-0.25, -0.2) is 9.59 Å². The zero-order chi connectivity index (χ0) is 17.9. The summed E-state index contributed by atoms with van der Waals surface area (Å²) in [7, 11) is 2.50. The molecule has 0 atom stereocenters. The fraction of sp³-hybridized carbons (Fsp3) is 0.176. The van der Waals surface area contributed by atoms with Crippen molar-refractivity contribution in [2.24, 2.45) is 0 Å². The Bertz CT molecular complexity index is 760. The number of aryl methyl sites for hydroxylation is 1. The molecule has 0 aromatic heterocycles. The van der Waals surface area contributed by atoms with Gasteiger partial charge in [-0.1, -0.05) is 17.7 Å². The summed E-state index contributed by atoms with van der Waals surface area (Å²) in [5.74, 6) is -1.30. The van der Waals surface area contributed by atoms with Crippen LogP contribution in [0.1, 0.15) is 5.56 Å². The summed E-state index contributed by atoms with van der Waals surface area (Å²) in [6.07, 6.45) is 6.49. The third kappa shape index (κ3) is 3.55. The number of ether oxygens (including phenoxy) is 2. The quantitative estimate of drug-likeness (QED) is 0.705. The SMILES string of the molecule is COC(=O)C1=C(C(=O)OC)N(c2cc(C)c(Br)c(Cl)c2)C=CC=C1. The number of rotatable bonds is 3. The maximum atomic E-state index is 12.3. The van der Waals surface area contributed by atoms with E-state index in [9.17, 15) is 9.59 Å². The lowest BCUT2D eigenvalue weighted by atomic mass is 10.1. The lowest BCUT2D eigenvalue weighted by molar-refractivity contribution is -0.139. The fourth-order valence-electron chi connectivity index (χ4n) is 2.21. The number of nitrogens with zero attached hydrogens (tertiary/aromatic N) is 1. The number of benzene rings is 1. The van der Waals surface area contributed by atoms with Gasteiger partial charge in [0.15, 0.2) is 0 Å². The van der Waals surface area contributed by atoms with Gasteiger partial charge < -0.3 is 14.4 Å². The molecule has 1 aromatic rings. The Hall–Kier alpha value is -2.05. The Morgan fingerprint density at radius 1 is 1.12 bits per heavy atom. The van der Waals surface area contributed by atoms with Crippen molar-refractivity contribution in [2.75, 3.05) is 19.1 Å². The summed E-state index contributed by atoms with van der Waals surface area (Å²) in [5, 5.41) is 0.486. The van der Waals surface area contributed by atoms with Gasteiger partial charge >= 0.3 is 11.9 Å². The van der Waals surface area contributed by atoms with Crippen molar-refractivity contribution in [3.05, 3.63) is 62.9 Å². The second-order valence-corrected chi connectivity index (χ2v) is 6.07. The standard InChI is InChI=1S/C17H15BrClNO4/c1-10-8-11(9-13(19)14(10)18)20-7-5-4-6-12(16(21)23-2)15(20)17(22)24-3/h4-9H,1-3H3. The monoisotopic (exact) mass is 411 g/mol. The largest absolute Gasteiger partial charge is 0.465 e. The van der Waals surface area contributed by atoms with Crippen LogP contribution in [-0.4, -0.2) is 26.2 Å². The third-order valence-corrected chi connectivity index (χ3v) is 4.94. The molecular weight excluding hydrogens is 398 g/mol. The highest BCUT2D eigenvalue weighted by atomic mass is 79.9. The normalized spacial score (nSPS) is 13.8. The molecule has 1 aliphatic heterocycles. The van der Waals surface area contributed by atoms with Crippen molar-refractivity contribution in [3.63, 3.8) is 0 Å². The van der Waals surface area contributed by atoms with Crippen LogP contribution in [0, 0.1) is 6.92 Å². The first kappa shape index (κ1) is 18.3. The number of anilines is 1. The molecule has 24 heavy (non-hydrogen) atoms. The van der Waals surface area contributed by atoms with E-state index in [1.54, 1.807) is 29.3 Å². The number of hydrogen-bond donors (Lipinski definition) is 0. The Morgan fingerprint density at radius 2 is 1.79 bits per heavy atom. The van der Waals surface area contributed by atoms with Crippen molar-refractivity contribution >= 4 is 45.2 Å². The van der Waals surface area contributed by atoms with Crippen LogP contribution in [-0.2, 0) is 19.1 Å². The molecular formula is C17H15BrClNO4. The molecule has 1 heterocycles. The second kappa shape index (κ2) is 7.68. The third-order valence-electron chi connectivity index (χ3n) is 3.36. The van der Waals surface area contributed by atoms with Crippen molar-refractivity contribution < 1.29 is 19.1 Å². The van der Waals surface area contributed by atoms with Crippen molar-refractivity contribution in [1.29, 1.82) is 0 Å². The summed E-state index contributed by atoms with van der Waals surface area (Å²) in [4.78, 5) is 26.0. The van der Waals surface area contributed by atoms with Crippen LogP contribution >= 0.6 is 27.5 Å². The summed E-state index contributed by atoms with van der Waals surface area (Å²) in [6, 6.07) is 3.52. The highest BCUT2D eigenvalue weighted by Crippen LogP contribution is 2.34. The predicted molar refractivity (Wildman–Crippen MR) is 95.7 cm³/mol. The van der Waals surface area contributed by atoms with Gasteiger partial charge in [0.05, 0.1) is 24.8 Å². The van der Waals surface area contributed by atoms with Crippen LogP contribution in [0.15, 0.2) is 52.3 Å². The zero-order valence-corrected chi connectivity index (χ0v) is 15.6. The van der Waals surface area contributed by atoms with Gasteiger partial charge in [-0.15, -0.1) is 0 Å². The highest BCUT2D eigenvalue weighted by Gasteiger charge is 2.27. The average molecular weight is 413 g/mol. The molecule has 0 bridgehead atoms. The van der Waals surface area contributed by atoms with Gasteiger partial charge in [0.25, 0.3) is 0 Å². The number of allylic oxidation sites excluding steroid dienone is 2. The van der Waals surface area contributed by atoms with Gasteiger partial charge in [-0.05, 0) is 52.7 Å². The van der Waals surface area contributed by atoms with Gasteiger partial charge in [-0.3, -0.25) is 0 Å². The molecule has 0 amide bonds. The molecule has 5 nitrogen and oxygen atoms in total. The molecule has 0 N–H and O–H groups in total. The number of methoxy groups -OCH3 is 2. The van der Waals surface area contributed by atoms with E-state index in [4.69, 9.17) is 21.1 Å². The smallest absolute Gasteiger partial charge is 0.355 e. The number of carbonyl (C=O) groups excluding carboxylic acids is 2. The minimum atomic E-state index is -0.664. The molecule has 0 saturated carbocycles. The fourth-order valence-corrected chi connectivity index (χ4v) is 2.70. The number of carbonyl (C=O) groups is 2. The molecule has 0 aliphatic carbocycles. The van der Waals surface area contributed by atoms with Crippen LogP contribution in [0.3, 0.4) is 0 Å². The number of hydrogen-bond acceptors (Lipinski definition) is 5. The van der Waals surface area contributed by atoms with Gasteiger partial charge in [0, 0.05) is 16.4 Å². The van der Waals surface area contributed by atoms with E-state index in [-0.39, 0.29) is 11.3 Å². The summed E-state index contributed by atoms with van der Waals surface area (Å²) >= 11 is 9.63. The summed E-state index contributed by atoms with van der Waals surface area (Å²) in [6.45, 7) is 1.88. The van der Waals surface area contributed by atoms with Gasteiger partial charge in [0.1, 0.15) is 5.70 Å². The Labute approximate surface area is 153 Å². The van der Waals surface area contributed by atoms with E-state index < -0.39 is 11.9 Å². The molecule has 1 aliphatic rings. The van der Waals surface area contributed by atoms with E-state index in [1.807, 2.05) is 13.0 Å². The van der Waals surface area contributed by atoms with Crippen molar-refractivity contribution in [2.45, 2.75) is 6.92 Å². The minimum Gasteiger partial charge on any atom is -0.465 e. The van der Waals surface area contributed by atoms with E-state index in [0.717, 1.165) is 10.0 Å². The zero-order valence-electron chi connectivity index (χ0n) is 13.3. The van der Waals surface area contributed by atoms with Crippen LogP contribution in [0.4, 0.5) is 5.69 Å². The van der Waals surface area contributed by atoms with Crippen molar-refractivity contribution in [1.82, 2.24) is 0 Å². The Morgan fingerprint density at radius 3 is 2.38 bits per heavy atom. The molecule has 0 fully saturated rings. The molecule has 0 radical (unpaired) electrons. The molecule has 2 rings (SSSR count).